The molecule has 0 atom stereocenters. The highest BCUT2D eigenvalue weighted by molar-refractivity contribution is 6.24. The van der Waals surface area contributed by atoms with Crippen LogP contribution in [0.4, 0.5) is 17.1 Å². The molecule has 296 valence electrons. The number of hydrogen-bond acceptors (Lipinski definition) is 2. The van der Waals surface area contributed by atoms with Gasteiger partial charge in [0.2, 0.25) is 0 Å². The fraction of sp³-hybridized carbons (Fsp3) is 0. The van der Waals surface area contributed by atoms with Crippen molar-refractivity contribution in [1.29, 1.82) is 0 Å². The Morgan fingerprint density at radius 2 is 0.698 bits per heavy atom. The van der Waals surface area contributed by atoms with Crippen LogP contribution in [0.15, 0.2) is 243 Å². The van der Waals surface area contributed by atoms with Crippen molar-refractivity contribution >= 4 is 61.5 Å². The second-order valence-corrected chi connectivity index (χ2v) is 15.9. The van der Waals surface area contributed by atoms with Gasteiger partial charge in [-0.2, -0.15) is 0 Å². The quantitative estimate of drug-likeness (QED) is 0.107. The number of hydrogen-bond donors (Lipinski definition) is 0. The van der Waals surface area contributed by atoms with Gasteiger partial charge in [-0.3, -0.25) is 4.98 Å². The summed E-state index contributed by atoms with van der Waals surface area (Å²) in [5.41, 5.74) is 15.3. The van der Waals surface area contributed by atoms with Gasteiger partial charge >= 0.3 is 0 Å². The summed E-state index contributed by atoms with van der Waals surface area (Å²) in [6.07, 6.45) is 8.15. The van der Waals surface area contributed by atoms with Gasteiger partial charge in [0, 0.05) is 35.0 Å². The molecule has 0 radical (unpaired) electrons. The van der Waals surface area contributed by atoms with E-state index in [1.807, 2.05) is 18.5 Å². The molecule has 63 heavy (non-hydrogen) atoms. The Bertz CT molecular complexity index is 3300. The van der Waals surface area contributed by atoms with Crippen molar-refractivity contribution in [3.8, 4) is 44.5 Å². The number of rotatable bonds is 9. The minimum Gasteiger partial charge on any atom is -0.311 e. The molecule has 2 heteroatoms. The monoisotopic (exact) mass is 802 g/mol. The van der Waals surface area contributed by atoms with Gasteiger partial charge in [0.05, 0.1) is 0 Å². The van der Waals surface area contributed by atoms with Crippen molar-refractivity contribution in [2.24, 2.45) is 0 Å². The number of pyridine rings is 1. The van der Waals surface area contributed by atoms with E-state index in [0.29, 0.717) is 0 Å². The van der Waals surface area contributed by atoms with E-state index in [1.54, 1.807) is 0 Å². The molecule has 0 fully saturated rings. The molecule has 0 bridgehead atoms. The second-order valence-electron chi connectivity index (χ2n) is 15.9. The summed E-state index contributed by atoms with van der Waals surface area (Å²) in [4.78, 5) is 6.71. The molecule has 11 aromatic rings. The van der Waals surface area contributed by atoms with Crippen molar-refractivity contribution in [2.45, 2.75) is 0 Å². The zero-order chi connectivity index (χ0) is 42.0. The zero-order valence-electron chi connectivity index (χ0n) is 34.6. The van der Waals surface area contributed by atoms with Crippen LogP contribution in [-0.4, -0.2) is 4.98 Å². The number of aromatic nitrogens is 1. The van der Waals surface area contributed by atoms with Crippen molar-refractivity contribution in [2.75, 3.05) is 4.90 Å². The van der Waals surface area contributed by atoms with Crippen LogP contribution in [0.1, 0.15) is 11.1 Å². The molecule has 1 aromatic heterocycles. The molecule has 0 unspecified atom stereocenters. The summed E-state index contributed by atoms with van der Waals surface area (Å²) in [7, 11) is 0. The summed E-state index contributed by atoms with van der Waals surface area (Å²) >= 11 is 0. The number of benzene rings is 10. The number of anilines is 3. The fourth-order valence-corrected chi connectivity index (χ4v) is 9.16. The Morgan fingerprint density at radius 1 is 0.286 bits per heavy atom. The van der Waals surface area contributed by atoms with Gasteiger partial charge in [-0.25, -0.2) is 0 Å². The normalized spacial score (nSPS) is 11.4. The third kappa shape index (κ3) is 7.24. The first kappa shape index (κ1) is 37.7. The van der Waals surface area contributed by atoms with Crippen LogP contribution in [0.3, 0.4) is 0 Å². The van der Waals surface area contributed by atoms with Gasteiger partial charge in [-0.1, -0.05) is 200 Å². The van der Waals surface area contributed by atoms with Crippen molar-refractivity contribution in [3.05, 3.63) is 254 Å². The minimum absolute atomic E-state index is 1.12. The van der Waals surface area contributed by atoms with Gasteiger partial charge in [0.15, 0.2) is 0 Å². The molecule has 0 saturated heterocycles. The third-order valence-electron chi connectivity index (χ3n) is 12.2. The van der Waals surface area contributed by atoms with Crippen LogP contribution in [0.2, 0.25) is 0 Å². The van der Waals surface area contributed by atoms with Crippen LogP contribution in [0.25, 0.3) is 89.0 Å². The molecule has 1 heterocycles. The molecule has 0 saturated carbocycles. The second kappa shape index (κ2) is 16.6. The number of fused-ring (bicyclic) bond motifs is 3. The maximum Gasteiger partial charge on any atom is 0.0462 e. The Labute approximate surface area is 368 Å². The van der Waals surface area contributed by atoms with E-state index in [2.05, 4.69) is 246 Å². The minimum atomic E-state index is 1.12. The summed E-state index contributed by atoms with van der Waals surface area (Å²) in [6.45, 7) is 0. The largest absolute Gasteiger partial charge is 0.311 e. The molecule has 0 amide bonds. The highest BCUT2D eigenvalue weighted by atomic mass is 15.1. The standard InChI is InChI=1S/C61H42N2/c1-3-15-49(16-4-1)63(50-17-5-2-6-18-50)51-37-29-44(30-38-51)26-25-43-27-31-45(32-28-43)46-33-35-47(36-34-46)60-55-21-9-11-23-57(55)61(58-24-12-10-22-56(58)60)59-40-39-52(48-14-13-41-62-42-48)53-19-7-8-20-54(53)59/h1-42H/b26-25+. The van der Waals surface area contributed by atoms with E-state index in [0.717, 1.165) is 33.8 Å². The van der Waals surface area contributed by atoms with E-state index in [9.17, 15) is 0 Å². The van der Waals surface area contributed by atoms with Crippen molar-refractivity contribution in [3.63, 3.8) is 0 Å². The lowest BCUT2D eigenvalue weighted by molar-refractivity contribution is 1.28. The lowest BCUT2D eigenvalue weighted by Crippen LogP contribution is -2.09. The van der Waals surface area contributed by atoms with Crippen LogP contribution in [0.5, 0.6) is 0 Å². The lowest BCUT2D eigenvalue weighted by atomic mass is 9.83. The first-order chi connectivity index (χ1) is 31.3. The molecule has 0 aliphatic heterocycles. The van der Waals surface area contributed by atoms with E-state index in [1.165, 1.54) is 71.3 Å². The number of para-hydroxylation sites is 2. The van der Waals surface area contributed by atoms with Gasteiger partial charge in [-0.15, -0.1) is 0 Å². The Balaban J connectivity index is 0.885. The SMILES string of the molecule is C(=C\c1ccc(N(c2ccccc2)c2ccccc2)cc1)/c1ccc(-c2ccc(-c3c4ccccc4c(-c4ccc(-c5cccnc5)c5ccccc45)c4ccccc34)cc2)cc1. The smallest absolute Gasteiger partial charge is 0.0462 e. The predicted octanol–water partition coefficient (Wildman–Crippen LogP) is 16.8. The van der Waals surface area contributed by atoms with Crippen LogP contribution in [-0.2, 0) is 0 Å². The van der Waals surface area contributed by atoms with Crippen LogP contribution in [0, 0.1) is 0 Å². The Morgan fingerprint density at radius 3 is 1.22 bits per heavy atom. The predicted molar refractivity (Wildman–Crippen MR) is 269 cm³/mol. The Hall–Kier alpha value is -8.33. The molecule has 0 N–H and O–H groups in total. The third-order valence-corrected chi connectivity index (χ3v) is 12.2. The molecule has 0 aliphatic carbocycles. The average Bonchev–Trinajstić information content (AvgIpc) is 3.36. The lowest BCUT2D eigenvalue weighted by Gasteiger charge is -2.25. The van der Waals surface area contributed by atoms with Crippen LogP contribution >= 0.6 is 0 Å². The van der Waals surface area contributed by atoms with Crippen molar-refractivity contribution < 1.29 is 0 Å². The molecular formula is C61H42N2. The first-order valence-electron chi connectivity index (χ1n) is 21.5. The van der Waals surface area contributed by atoms with Crippen molar-refractivity contribution in [1.82, 2.24) is 4.98 Å². The summed E-state index contributed by atoms with van der Waals surface area (Å²) < 4.78 is 0. The molecule has 2 nitrogen and oxygen atoms in total. The number of nitrogens with zero attached hydrogens (tertiary/aromatic N) is 2. The highest BCUT2D eigenvalue weighted by Crippen LogP contribution is 2.46. The van der Waals surface area contributed by atoms with Gasteiger partial charge in [-0.05, 0) is 125 Å². The zero-order valence-corrected chi connectivity index (χ0v) is 34.6. The van der Waals surface area contributed by atoms with E-state index in [4.69, 9.17) is 0 Å². The average molecular weight is 803 g/mol. The molecule has 0 spiro atoms. The first-order valence-corrected chi connectivity index (χ1v) is 21.5. The topological polar surface area (TPSA) is 16.1 Å². The fourth-order valence-electron chi connectivity index (χ4n) is 9.16. The van der Waals surface area contributed by atoms with Crippen LogP contribution < -0.4 is 4.90 Å². The molecular weight excluding hydrogens is 761 g/mol. The van der Waals surface area contributed by atoms with E-state index in [-0.39, 0.29) is 0 Å². The maximum absolute atomic E-state index is 4.43. The molecule has 0 aliphatic rings. The van der Waals surface area contributed by atoms with Gasteiger partial charge < -0.3 is 4.90 Å². The Kier molecular flexibility index (Phi) is 9.93. The molecule has 11 rings (SSSR count). The van der Waals surface area contributed by atoms with E-state index < -0.39 is 0 Å². The van der Waals surface area contributed by atoms with E-state index >= 15 is 0 Å². The van der Waals surface area contributed by atoms with Gasteiger partial charge in [0.25, 0.3) is 0 Å². The summed E-state index contributed by atoms with van der Waals surface area (Å²) in [5.74, 6) is 0. The maximum atomic E-state index is 4.43. The summed E-state index contributed by atoms with van der Waals surface area (Å²) in [6, 6.07) is 83.0. The molecule has 10 aromatic carbocycles. The highest BCUT2D eigenvalue weighted by Gasteiger charge is 2.19. The summed E-state index contributed by atoms with van der Waals surface area (Å²) in [5, 5.41) is 7.44. The van der Waals surface area contributed by atoms with Gasteiger partial charge in [0.1, 0.15) is 0 Å².